The minimum Gasteiger partial charge on any atom is -0.388 e. The van der Waals surface area contributed by atoms with E-state index in [1.54, 1.807) is 6.92 Å². The summed E-state index contributed by atoms with van der Waals surface area (Å²) in [6, 6.07) is 2.74. The second-order valence-corrected chi connectivity index (χ2v) is 3.39. The lowest BCUT2D eigenvalue weighted by atomic mass is 10.0. The monoisotopic (exact) mass is 201 g/mol. The molecule has 0 saturated heterocycles. The number of halogens is 2. The molecule has 0 bridgehead atoms. The highest BCUT2D eigenvalue weighted by Crippen LogP contribution is 2.21. The maximum Gasteiger partial charge on any atom is 0.129 e. The molecule has 2 atom stereocenters. The van der Waals surface area contributed by atoms with Crippen LogP contribution in [0.15, 0.2) is 18.2 Å². The molecule has 14 heavy (non-hydrogen) atoms. The molecule has 2 nitrogen and oxygen atoms in total. The number of aliphatic hydroxyl groups excluding tert-OH is 1. The largest absolute Gasteiger partial charge is 0.388 e. The van der Waals surface area contributed by atoms with Crippen LogP contribution < -0.4 is 5.73 Å². The summed E-state index contributed by atoms with van der Waals surface area (Å²) in [5.41, 5.74) is 5.40. The van der Waals surface area contributed by atoms with E-state index < -0.39 is 17.7 Å². The van der Waals surface area contributed by atoms with Crippen LogP contribution in [-0.4, -0.2) is 11.1 Å². The summed E-state index contributed by atoms with van der Waals surface area (Å²) >= 11 is 0. The minimum absolute atomic E-state index is 0.0395. The first kappa shape index (κ1) is 11.1. The second kappa shape index (κ2) is 4.48. The molecule has 0 aliphatic carbocycles. The summed E-state index contributed by atoms with van der Waals surface area (Å²) < 4.78 is 25.8. The van der Waals surface area contributed by atoms with Gasteiger partial charge < -0.3 is 10.8 Å². The van der Waals surface area contributed by atoms with Crippen LogP contribution in [0.5, 0.6) is 0 Å². The van der Waals surface area contributed by atoms with Gasteiger partial charge in [-0.05, 0) is 31.5 Å². The van der Waals surface area contributed by atoms with Crippen molar-refractivity contribution in [2.24, 2.45) is 5.73 Å². The zero-order chi connectivity index (χ0) is 10.7. The molecule has 0 aliphatic heterocycles. The maximum absolute atomic E-state index is 13.1. The molecule has 1 aromatic rings. The Labute approximate surface area is 81.4 Å². The van der Waals surface area contributed by atoms with E-state index in [-0.39, 0.29) is 18.0 Å². The Morgan fingerprint density at radius 3 is 2.64 bits per heavy atom. The molecule has 0 heterocycles. The van der Waals surface area contributed by atoms with E-state index in [2.05, 4.69) is 0 Å². The van der Waals surface area contributed by atoms with E-state index in [1.165, 1.54) is 0 Å². The highest BCUT2D eigenvalue weighted by molar-refractivity contribution is 5.21. The van der Waals surface area contributed by atoms with Crippen molar-refractivity contribution in [2.75, 3.05) is 0 Å². The molecule has 78 valence electrons. The first-order valence-corrected chi connectivity index (χ1v) is 4.39. The lowest BCUT2D eigenvalue weighted by molar-refractivity contribution is 0.155. The average Bonchev–Trinajstić information content (AvgIpc) is 2.08. The summed E-state index contributed by atoms with van der Waals surface area (Å²) in [5, 5.41) is 9.51. The molecule has 0 spiro atoms. The molecular formula is C10H13F2NO. The topological polar surface area (TPSA) is 46.2 Å². The van der Waals surface area contributed by atoms with Crippen LogP contribution in [0.25, 0.3) is 0 Å². The van der Waals surface area contributed by atoms with Gasteiger partial charge in [0, 0.05) is 11.6 Å². The van der Waals surface area contributed by atoms with Crippen molar-refractivity contribution < 1.29 is 13.9 Å². The Balaban J connectivity index is 2.88. The van der Waals surface area contributed by atoms with E-state index in [0.717, 1.165) is 18.2 Å². The summed E-state index contributed by atoms with van der Waals surface area (Å²) in [5.74, 6) is -1.18. The van der Waals surface area contributed by atoms with Crippen LogP contribution in [0.4, 0.5) is 8.78 Å². The molecule has 0 amide bonds. The lowest BCUT2D eigenvalue weighted by Crippen LogP contribution is -2.19. The van der Waals surface area contributed by atoms with Crippen LogP contribution in [0, 0.1) is 11.6 Å². The van der Waals surface area contributed by atoms with E-state index in [0.29, 0.717) is 0 Å². The van der Waals surface area contributed by atoms with Crippen molar-refractivity contribution >= 4 is 0 Å². The van der Waals surface area contributed by atoms with E-state index in [1.807, 2.05) is 0 Å². The molecule has 4 heteroatoms. The Hall–Kier alpha value is -1.00. The number of aliphatic hydroxyl groups is 1. The van der Waals surface area contributed by atoms with Gasteiger partial charge in [-0.25, -0.2) is 8.78 Å². The highest BCUT2D eigenvalue weighted by Gasteiger charge is 2.15. The zero-order valence-electron chi connectivity index (χ0n) is 7.87. The number of nitrogens with two attached hydrogens (primary N) is 1. The molecule has 0 saturated carbocycles. The van der Waals surface area contributed by atoms with Gasteiger partial charge in [-0.15, -0.1) is 0 Å². The maximum atomic E-state index is 13.1. The molecule has 0 aliphatic rings. The Kier molecular flexibility index (Phi) is 3.55. The van der Waals surface area contributed by atoms with E-state index >= 15 is 0 Å². The van der Waals surface area contributed by atoms with Crippen LogP contribution in [-0.2, 0) is 0 Å². The average molecular weight is 201 g/mol. The first-order valence-electron chi connectivity index (χ1n) is 4.39. The van der Waals surface area contributed by atoms with Gasteiger partial charge in [0.15, 0.2) is 0 Å². The molecule has 0 radical (unpaired) electrons. The van der Waals surface area contributed by atoms with Gasteiger partial charge in [0.25, 0.3) is 0 Å². The van der Waals surface area contributed by atoms with Crippen molar-refractivity contribution in [3.05, 3.63) is 35.4 Å². The third-order valence-electron chi connectivity index (χ3n) is 1.91. The van der Waals surface area contributed by atoms with Crippen molar-refractivity contribution in [3.63, 3.8) is 0 Å². The van der Waals surface area contributed by atoms with Crippen LogP contribution >= 0.6 is 0 Å². The predicted octanol–water partition coefficient (Wildman–Crippen LogP) is 1.74. The van der Waals surface area contributed by atoms with E-state index in [9.17, 15) is 13.9 Å². The Bertz CT molecular complexity index is 315. The first-order chi connectivity index (χ1) is 6.50. The van der Waals surface area contributed by atoms with Crippen molar-refractivity contribution in [1.82, 2.24) is 0 Å². The number of benzene rings is 1. The third kappa shape index (κ3) is 2.75. The summed E-state index contributed by atoms with van der Waals surface area (Å²) in [6.45, 7) is 1.69. The molecule has 3 N–H and O–H groups in total. The molecule has 2 unspecified atom stereocenters. The second-order valence-electron chi connectivity index (χ2n) is 3.39. The Morgan fingerprint density at radius 1 is 1.43 bits per heavy atom. The summed E-state index contributed by atoms with van der Waals surface area (Å²) in [7, 11) is 0. The highest BCUT2D eigenvalue weighted by atomic mass is 19.1. The fourth-order valence-electron chi connectivity index (χ4n) is 1.25. The van der Waals surface area contributed by atoms with Gasteiger partial charge in [0.05, 0.1) is 6.10 Å². The van der Waals surface area contributed by atoms with Gasteiger partial charge in [-0.1, -0.05) is 0 Å². The van der Waals surface area contributed by atoms with Gasteiger partial charge in [0.2, 0.25) is 0 Å². The molecular weight excluding hydrogens is 188 g/mol. The molecule has 1 aromatic carbocycles. The van der Waals surface area contributed by atoms with Crippen molar-refractivity contribution in [1.29, 1.82) is 0 Å². The fourth-order valence-corrected chi connectivity index (χ4v) is 1.25. The molecule has 1 rings (SSSR count). The van der Waals surface area contributed by atoms with Crippen molar-refractivity contribution in [3.8, 4) is 0 Å². The normalized spacial score (nSPS) is 15.2. The summed E-state index contributed by atoms with van der Waals surface area (Å²) in [6.07, 6.45) is -0.842. The SMILES string of the molecule is CC(N)CC(O)c1cc(F)ccc1F. The van der Waals surface area contributed by atoms with Crippen molar-refractivity contribution in [2.45, 2.75) is 25.5 Å². The van der Waals surface area contributed by atoms with Gasteiger partial charge in [-0.2, -0.15) is 0 Å². The molecule has 0 aromatic heterocycles. The van der Waals surface area contributed by atoms with Gasteiger partial charge >= 0.3 is 0 Å². The number of hydrogen-bond acceptors (Lipinski definition) is 2. The molecule has 0 fully saturated rings. The lowest BCUT2D eigenvalue weighted by Gasteiger charge is -2.13. The standard InChI is InChI=1S/C10H13F2NO/c1-6(13)4-10(14)8-5-7(11)2-3-9(8)12/h2-3,5-6,10,14H,4,13H2,1H3. The quantitative estimate of drug-likeness (QED) is 0.782. The van der Waals surface area contributed by atoms with Crippen LogP contribution in [0.3, 0.4) is 0 Å². The third-order valence-corrected chi connectivity index (χ3v) is 1.91. The fraction of sp³-hybridized carbons (Fsp3) is 0.400. The summed E-state index contributed by atoms with van der Waals surface area (Å²) in [4.78, 5) is 0. The predicted molar refractivity (Wildman–Crippen MR) is 49.6 cm³/mol. The zero-order valence-corrected chi connectivity index (χ0v) is 7.87. The van der Waals surface area contributed by atoms with Crippen LogP contribution in [0.1, 0.15) is 25.0 Å². The van der Waals surface area contributed by atoms with Crippen LogP contribution in [0.2, 0.25) is 0 Å². The Morgan fingerprint density at radius 2 is 2.07 bits per heavy atom. The minimum atomic E-state index is -1.05. The smallest absolute Gasteiger partial charge is 0.129 e. The number of rotatable bonds is 3. The number of hydrogen-bond donors (Lipinski definition) is 2. The van der Waals surface area contributed by atoms with E-state index in [4.69, 9.17) is 5.73 Å². The van der Waals surface area contributed by atoms with Gasteiger partial charge in [-0.3, -0.25) is 0 Å². The van der Waals surface area contributed by atoms with Gasteiger partial charge in [0.1, 0.15) is 11.6 Å².